The average Bonchev–Trinajstić information content (AvgIpc) is 3.12. The number of ether oxygens (including phenoxy) is 1. The van der Waals surface area contributed by atoms with E-state index in [-0.39, 0.29) is 13.0 Å². The summed E-state index contributed by atoms with van der Waals surface area (Å²) >= 11 is 1.67. The van der Waals surface area contributed by atoms with Gasteiger partial charge < -0.3 is 10.1 Å². The number of unbranched alkanes of at least 4 members (excludes halogenated alkanes) is 1. The molecule has 0 aliphatic rings. The molecule has 0 radical (unpaired) electrons. The first-order chi connectivity index (χ1) is 13.6. The summed E-state index contributed by atoms with van der Waals surface area (Å²) < 4.78 is 6.17. The van der Waals surface area contributed by atoms with Gasteiger partial charge in [-0.2, -0.15) is 5.26 Å². The fourth-order valence-electron chi connectivity index (χ4n) is 2.65. The first-order valence-corrected chi connectivity index (χ1v) is 9.76. The molecule has 0 spiro atoms. The fraction of sp³-hybridized carbons (Fsp3) is 0.238. The lowest BCUT2D eigenvalue weighted by Gasteiger charge is -2.06. The van der Waals surface area contributed by atoms with Gasteiger partial charge in [0.1, 0.15) is 0 Å². The van der Waals surface area contributed by atoms with E-state index in [1.165, 1.54) is 4.70 Å². The van der Waals surface area contributed by atoms with Crippen molar-refractivity contribution in [3.8, 4) is 6.07 Å². The molecule has 28 heavy (non-hydrogen) atoms. The molecule has 1 N–H and O–H groups in total. The second kappa shape index (κ2) is 9.62. The van der Waals surface area contributed by atoms with Gasteiger partial charge in [0.05, 0.1) is 26.9 Å². The maximum atomic E-state index is 11.8. The van der Waals surface area contributed by atoms with Crippen LogP contribution in [0.5, 0.6) is 0 Å². The van der Waals surface area contributed by atoms with E-state index in [4.69, 9.17) is 10.00 Å². The number of nitrogens with zero attached hydrogens (tertiary/aromatic N) is 2. The number of hydrogen-bond donors (Lipinski definition) is 1. The van der Waals surface area contributed by atoms with Gasteiger partial charge in [0.25, 0.3) is 5.91 Å². The minimum Gasteiger partial charge on any atom is -0.456 e. The molecule has 1 amide bonds. The third kappa shape index (κ3) is 5.63. The molecule has 0 aliphatic carbocycles. The molecule has 0 saturated heterocycles. The van der Waals surface area contributed by atoms with Crippen molar-refractivity contribution in [3.05, 3.63) is 59.1 Å². The lowest BCUT2D eigenvalue weighted by molar-refractivity contribution is -0.147. The highest BCUT2D eigenvalue weighted by Crippen LogP contribution is 2.22. The molecule has 7 heteroatoms. The smallest absolute Gasteiger partial charge is 0.306 e. The van der Waals surface area contributed by atoms with Crippen molar-refractivity contribution in [2.24, 2.45) is 0 Å². The van der Waals surface area contributed by atoms with Crippen molar-refractivity contribution in [3.63, 3.8) is 0 Å². The molecule has 0 fully saturated rings. The molecule has 0 bridgehead atoms. The minimum absolute atomic E-state index is 0.266. The van der Waals surface area contributed by atoms with Crippen LogP contribution in [0.15, 0.2) is 48.5 Å². The van der Waals surface area contributed by atoms with E-state index in [9.17, 15) is 9.59 Å². The van der Waals surface area contributed by atoms with Crippen molar-refractivity contribution in [2.45, 2.75) is 25.7 Å². The monoisotopic (exact) mass is 393 g/mol. The standard InChI is InChI=1S/C21H19N3O3S/c22-13-15-6-5-7-16(12-15)23-19(25)14-27-21(26)11-4-3-10-20-24-17-8-1-2-9-18(17)28-20/h1-2,5-9,12H,3-4,10-11,14H2,(H,23,25). The van der Waals surface area contributed by atoms with Crippen molar-refractivity contribution in [2.75, 3.05) is 11.9 Å². The molecule has 142 valence electrons. The van der Waals surface area contributed by atoms with Gasteiger partial charge in [-0.1, -0.05) is 18.2 Å². The number of aromatic nitrogens is 1. The summed E-state index contributed by atoms with van der Waals surface area (Å²) in [6, 6.07) is 16.6. The third-order valence-corrected chi connectivity index (χ3v) is 5.10. The van der Waals surface area contributed by atoms with Crippen molar-refractivity contribution in [1.29, 1.82) is 5.26 Å². The quantitative estimate of drug-likeness (QED) is 0.460. The number of nitriles is 1. The van der Waals surface area contributed by atoms with Crippen molar-refractivity contribution < 1.29 is 14.3 Å². The Kier molecular flexibility index (Phi) is 6.71. The van der Waals surface area contributed by atoms with E-state index in [0.717, 1.165) is 23.4 Å². The zero-order chi connectivity index (χ0) is 19.8. The van der Waals surface area contributed by atoms with Crippen LogP contribution in [0.4, 0.5) is 5.69 Å². The van der Waals surface area contributed by atoms with Gasteiger partial charge in [-0.25, -0.2) is 4.98 Å². The number of benzene rings is 2. The molecule has 6 nitrogen and oxygen atoms in total. The van der Waals surface area contributed by atoms with Gasteiger partial charge >= 0.3 is 5.97 Å². The number of hydrogen-bond acceptors (Lipinski definition) is 6. The second-order valence-corrected chi connectivity index (χ2v) is 7.30. The summed E-state index contributed by atoms with van der Waals surface area (Å²) in [6.45, 7) is -0.340. The van der Waals surface area contributed by atoms with Gasteiger partial charge in [-0.05, 0) is 49.6 Å². The van der Waals surface area contributed by atoms with E-state index >= 15 is 0 Å². The van der Waals surface area contributed by atoms with E-state index in [0.29, 0.717) is 17.7 Å². The number of carbonyl (C=O) groups excluding carboxylic acids is 2. The Morgan fingerprint density at radius 3 is 2.82 bits per heavy atom. The van der Waals surface area contributed by atoms with Gasteiger partial charge in [0.2, 0.25) is 0 Å². The van der Waals surface area contributed by atoms with Crippen molar-refractivity contribution in [1.82, 2.24) is 4.98 Å². The topological polar surface area (TPSA) is 92.1 Å². The number of esters is 1. The Labute approximate surface area is 166 Å². The molecule has 3 aromatic rings. The highest BCUT2D eigenvalue weighted by molar-refractivity contribution is 7.18. The number of para-hydroxylation sites is 1. The molecule has 0 saturated carbocycles. The largest absolute Gasteiger partial charge is 0.456 e. The predicted octanol–water partition coefficient (Wildman–Crippen LogP) is 4.06. The van der Waals surface area contributed by atoms with Crippen LogP contribution in [0.2, 0.25) is 0 Å². The normalized spacial score (nSPS) is 10.4. The van der Waals surface area contributed by atoms with E-state index in [1.807, 2.05) is 24.3 Å². The molecule has 0 atom stereocenters. The average molecular weight is 393 g/mol. The van der Waals surface area contributed by atoms with Crippen LogP contribution in [0.1, 0.15) is 29.8 Å². The summed E-state index contributed by atoms with van der Waals surface area (Å²) in [4.78, 5) is 28.2. The Balaban J connectivity index is 1.34. The Bertz CT molecular complexity index is 990. The van der Waals surface area contributed by atoms with Gasteiger partial charge in [-0.3, -0.25) is 9.59 Å². The van der Waals surface area contributed by atoms with Crippen LogP contribution in [-0.2, 0) is 20.7 Å². The van der Waals surface area contributed by atoms with Crippen LogP contribution in [0, 0.1) is 11.3 Å². The molecule has 1 heterocycles. The van der Waals surface area contributed by atoms with Gasteiger partial charge in [-0.15, -0.1) is 11.3 Å². The highest BCUT2D eigenvalue weighted by atomic mass is 32.1. The number of nitrogens with one attached hydrogen (secondary N) is 1. The van der Waals surface area contributed by atoms with Crippen molar-refractivity contribution >= 4 is 39.1 Å². The summed E-state index contributed by atoms with van der Waals surface area (Å²) in [5.41, 5.74) is 1.95. The molecule has 0 aliphatic heterocycles. The molecule has 0 unspecified atom stereocenters. The SMILES string of the molecule is N#Cc1cccc(NC(=O)COC(=O)CCCCc2nc3ccccc3s2)c1. The van der Waals surface area contributed by atoms with Crippen LogP contribution in [0.25, 0.3) is 10.2 Å². The summed E-state index contributed by atoms with van der Waals surface area (Å²) in [7, 11) is 0. The zero-order valence-corrected chi connectivity index (χ0v) is 16.0. The van der Waals surface area contributed by atoms with E-state index < -0.39 is 11.9 Å². The summed E-state index contributed by atoms with van der Waals surface area (Å²) in [5.74, 6) is -0.830. The highest BCUT2D eigenvalue weighted by Gasteiger charge is 2.09. The number of amides is 1. The van der Waals surface area contributed by atoms with Crippen LogP contribution in [0.3, 0.4) is 0 Å². The third-order valence-electron chi connectivity index (χ3n) is 4.00. The Hall–Kier alpha value is -3.24. The number of rotatable bonds is 8. The second-order valence-electron chi connectivity index (χ2n) is 6.18. The maximum absolute atomic E-state index is 11.8. The minimum atomic E-state index is -0.432. The zero-order valence-electron chi connectivity index (χ0n) is 15.2. The summed E-state index contributed by atoms with van der Waals surface area (Å²) in [5, 5.41) is 12.5. The number of fused-ring (bicyclic) bond motifs is 1. The number of thiazole rings is 1. The molecule has 2 aromatic carbocycles. The number of anilines is 1. The Morgan fingerprint density at radius 2 is 2.00 bits per heavy atom. The fourth-order valence-corrected chi connectivity index (χ4v) is 3.66. The molecular formula is C21H19N3O3S. The molecule has 1 aromatic heterocycles. The number of aryl methyl sites for hydroxylation is 1. The van der Waals surface area contributed by atoms with E-state index in [2.05, 4.69) is 16.4 Å². The lowest BCUT2D eigenvalue weighted by Crippen LogP contribution is -2.20. The lowest BCUT2D eigenvalue weighted by atomic mass is 10.2. The van der Waals surface area contributed by atoms with Gasteiger partial charge in [0.15, 0.2) is 6.61 Å². The van der Waals surface area contributed by atoms with Crippen LogP contribution >= 0.6 is 11.3 Å². The van der Waals surface area contributed by atoms with E-state index in [1.54, 1.807) is 35.6 Å². The van der Waals surface area contributed by atoms with Gasteiger partial charge in [0, 0.05) is 12.1 Å². The molecular weight excluding hydrogens is 374 g/mol. The Morgan fingerprint density at radius 1 is 1.14 bits per heavy atom. The maximum Gasteiger partial charge on any atom is 0.306 e. The summed E-state index contributed by atoms with van der Waals surface area (Å²) in [6.07, 6.45) is 2.60. The number of carbonyl (C=O) groups is 2. The van der Waals surface area contributed by atoms with Crippen LogP contribution in [-0.4, -0.2) is 23.5 Å². The predicted molar refractivity (Wildman–Crippen MR) is 108 cm³/mol. The van der Waals surface area contributed by atoms with Crippen LogP contribution < -0.4 is 5.32 Å². The molecule has 3 rings (SSSR count). The first kappa shape index (κ1) is 19.5. The first-order valence-electron chi connectivity index (χ1n) is 8.94.